The van der Waals surface area contributed by atoms with Gasteiger partial charge in [0.15, 0.2) is 0 Å². The van der Waals surface area contributed by atoms with Crippen LogP contribution in [0, 0.1) is 6.92 Å². The van der Waals surface area contributed by atoms with Gasteiger partial charge in [-0.2, -0.15) is 0 Å². The maximum Gasteiger partial charge on any atom is 0.244 e. The standard InChI is InChI=1S/C12H12Br2N2O2S2/c1-7-2-3-9(19-7)6-16-20(17,18)12-10(14)4-8(13)5-11(12)15/h2-5,16H,6,15H2,1H3. The molecule has 0 bridgehead atoms. The number of rotatable bonds is 4. The van der Waals surface area contributed by atoms with Gasteiger partial charge in [0.2, 0.25) is 10.0 Å². The lowest BCUT2D eigenvalue weighted by atomic mass is 10.3. The molecule has 0 spiro atoms. The molecule has 1 heterocycles. The summed E-state index contributed by atoms with van der Waals surface area (Å²) in [5.74, 6) is 0. The van der Waals surface area contributed by atoms with E-state index in [1.807, 2.05) is 19.1 Å². The largest absolute Gasteiger partial charge is 0.398 e. The fourth-order valence-corrected chi connectivity index (χ4v) is 5.68. The van der Waals surface area contributed by atoms with Crippen LogP contribution in [0.5, 0.6) is 0 Å². The molecule has 8 heteroatoms. The maximum absolute atomic E-state index is 12.3. The number of halogens is 2. The SMILES string of the molecule is Cc1ccc(CNS(=O)(=O)c2c(N)cc(Br)cc2Br)s1. The van der Waals surface area contributed by atoms with Crippen molar-refractivity contribution in [1.29, 1.82) is 0 Å². The van der Waals surface area contributed by atoms with E-state index in [9.17, 15) is 8.42 Å². The number of aryl methyl sites for hydroxylation is 1. The van der Waals surface area contributed by atoms with Crippen molar-refractivity contribution in [3.8, 4) is 0 Å². The van der Waals surface area contributed by atoms with Crippen LogP contribution in [0.4, 0.5) is 5.69 Å². The topological polar surface area (TPSA) is 72.2 Å². The first-order chi connectivity index (χ1) is 9.29. The van der Waals surface area contributed by atoms with Gasteiger partial charge in [-0.05, 0) is 47.1 Å². The molecule has 0 aliphatic rings. The van der Waals surface area contributed by atoms with Crippen molar-refractivity contribution < 1.29 is 8.42 Å². The minimum atomic E-state index is -3.66. The Labute approximate surface area is 138 Å². The van der Waals surface area contributed by atoms with Crippen molar-refractivity contribution >= 4 is 58.9 Å². The van der Waals surface area contributed by atoms with Crippen molar-refractivity contribution in [3.63, 3.8) is 0 Å². The van der Waals surface area contributed by atoms with E-state index in [-0.39, 0.29) is 17.1 Å². The number of nitrogens with two attached hydrogens (primary N) is 1. The van der Waals surface area contributed by atoms with E-state index in [0.717, 1.165) is 14.2 Å². The van der Waals surface area contributed by atoms with Crippen LogP contribution in [0.25, 0.3) is 0 Å². The van der Waals surface area contributed by atoms with Crippen LogP contribution in [0.15, 0.2) is 38.1 Å². The summed E-state index contributed by atoms with van der Waals surface area (Å²) in [5, 5.41) is 0. The third-order valence-electron chi connectivity index (χ3n) is 2.54. The molecule has 2 rings (SSSR count). The number of hydrogen-bond donors (Lipinski definition) is 2. The highest BCUT2D eigenvalue weighted by atomic mass is 79.9. The van der Waals surface area contributed by atoms with E-state index in [0.29, 0.717) is 4.47 Å². The number of anilines is 1. The van der Waals surface area contributed by atoms with Crippen molar-refractivity contribution in [2.75, 3.05) is 5.73 Å². The maximum atomic E-state index is 12.3. The Morgan fingerprint density at radius 3 is 2.55 bits per heavy atom. The Hall–Kier alpha value is -0.410. The van der Waals surface area contributed by atoms with Gasteiger partial charge >= 0.3 is 0 Å². The van der Waals surface area contributed by atoms with E-state index >= 15 is 0 Å². The van der Waals surface area contributed by atoms with Crippen molar-refractivity contribution in [1.82, 2.24) is 4.72 Å². The molecular formula is C12H12Br2N2O2S2. The Morgan fingerprint density at radius 2 is 2.00 bits per heavy atom. The number of nitrogen functional groups attached to an aromatic ring is 1. The smallest absolute Gasteiger partial charge is 0.244 e. The Morgan fingerprint density at radius 1 is 1.30 bits per heavy atom. The molecule has 1 aromatic heterocycles. The molecule has 0 saturated heterocycles. The zero-order chi connectivity index (χ0) is 14.9. The summed E-state index contributed by atoms with van der Waals surface area (Å²) in [6, 6.07) is 7.08. The molecule has 0 saturated carbocycles. The van der Waals surface area contributed by atoms with Gasteiger partial charge in [0, 0.05) is 25.2 Å². The van der Waals surface area contributed by atoms with Gasteiger partial charge in [-0.25, -0.2) is 13.1 Å². The number of hydrogen-bond acceptors (Lipinski definition) is 4. The molecule has 0 amide bonds. The van der Waals surface area contributed by atoms with Gasteiger partial charge in [-0.1, -0.05) is 15.9 Å². The quantitative estimate of drug-likeness (QED) is 0.714. The Kier molecular flexibility index (Phi) is 4.91. The molecule has 4 nitrogen and oxygen atoms in total. The summed E-state index contributed by atoms with van der Waals surface area (Å²) in [4.78, 5) is 2.16. The predicted octanol–water partition coefficient (Wildman–Crippen LogP) is 3.64. The fraction of sp³-hybridized carbons (Fsp3) is 0.167. The summed E-state index contributed by atoms with van der Waals surface area (Å²) in [7, 11) is -3.66. The van der Waals surface area contributed by atoms with Gasteiger partial charge in [0.25, 0.3) is 0 Å². The second-order valence-corrected chi connectivity index (χ2v) is 8.99. The lowest BCUT2D eigenvalue weighted by Gasteiger charge is -2.11. The van der Waals surface area contributed by atoms with Crippen molar-refractivity contribution in [2.24, 2.45) is 0 Å². The normalized spacial score (nSPS) is 11.8. The highest BCUT2D eigenvalue weighted by molar-refractivity contribution is 9.11. The van der Waals surface area contributed by atoms with E-state index in [1.165, 1.54) is 0 Å². The molecule has 108 valence electrons. The molecule has 0 fully saturated rings. The zero-order valence-electron chi connectivity index (χ0n) is 10.5. The minimum absolute atomic E-state index is 0.0639. The molecule has 0 aliphatic carbocycles. The molecular weight excluding hydrogens is 428 g/mol. The average Bonchev–Trinajstić information content (AvgIpc) is 2.71. The predicted molar refractivity (Wildman–Crippen MR) is 89.3 cm³/mol. The first kappa shape index (κ1) is 16.0. The number of thiophene rings is 1. The third kappa shape index (κ3) is 3.62. The monoisotopic (exact) mass is 438 g/mol. The number of benzene rings is 1. The first-order valence-corrected chi connectivity index (χ1v) is 9.47. The molecule has 2 aromatic rings. The van der Waals surface area contributed by atoms with Gasteiger partial charge in [-0.15, -0.1) is 11.3 Å². The molecule has 0 atom stereocenters. The second kappa shape index (κ2) is 6.15. The van der Waals surface area contributed by atoms with Crippen LogP contribution in [0.1, 0.15) is 9.75 Å². The van der Waals surface area contributed by atoms with Crippen LogP contribution in [-0.2, 0) is 16.6 Å². The third-order valence-corrected chi connectivity index (χ3v) is 6.40. The highest BCUT2D eigenvalue weighted by Crippen LogP contribution is 2.31. The molecule has 0 radical (unpaired) electrons. The van der Waals surface area contributed by atoms with Crippen LogP contribution < -0.4 is 10.5 Å². The molecule has 1 aromatic carbocycles. The summed E-state index contributed by atoms with van der Waals surface area (Å²) in [6.45, 7) is 2.23. The Balaban J connectivity index is 2.27. The number of nitrogens with one attached hydrogen (secondary N) is 1. The van der Waals surface area contributed by atoms with Crippen LogP contribution in [-0.4, -0.2) is 8.42 Å². The summed E-state index contributed by atoms with van der Waals surface area (Å²) < 4.78 is 28.4. The fourth-order valence-electron chi connectivity index (χ4n) is 1.68. The second-order valence-electron chi connectivity index (χ2n) is 4.14. The summed E-state index contributed by atoms with van der Waals surface area (Å²) in [6.07, 6.45) is 0. The van der Waals surface area contributed by atoms with E-state index in [4.69, 9.17) is 5.73 Å². The molecule has 3 N–H and O–H groups in total. The van der Waals surface area contributed by atoms with Crippen molar-refractivity contribution in [3.05, 3.63) is 43.0 Å². The van der Waals surface area contributed by atoms with E-state index in [1.54, 1.807) is 23.5 Å². The van der Waals surface area contributed by atoms with Gasteiger partial charge in [-0.3, -0.25) is 0 Å². The first-order valence-electron chi connectivity index (χ1n) is 5.59. The van der Waals surface area contributed by atoms with Crippen LogP contribution in [0.3, 0.4) is 0 Å². The minimum Gasteiger partial charge on any atom is -0.398 e. The van der Waals surface area contributed by atoms with Gasteiger partial charge < -0.3 is 5.73 Å². The molecule has 0 unspecified atom stereocenters. The average molecular weight is 440 g/mol. The number of sulfonamides is 1. The van der Waals surface area contributed by atoms with Gasteiger partial charge in [0.05, 0.1) is 5.69 Å². The lowest BCUT2D eigenvalue weighted by molar-refractivity contribution is 0.581. The lowest BCUT2D eigenvalue weighted by Crippen LogP contribution is -2.24. The van der Waals surface area contributed by atoms with Crippen LogP contribution >= 0.6 is 43.2 Å². The van der Waals surface area contributed by atoms with Crippen LogP contribution in [0.2, 0.25) is 0 Å². The Bertz CT molecular complexity index is 719. The molecule has 20 heavy (non-hydrogen) atoms. The molecule has 0 aliphatic heterocycles. The highest BCUT2D eigenvalue weighted by Gasteiger charge is 2.21. The summed E-state index contributed by atoms with van der Waals surface area (Å²) >= 11 is 8.06. The van der Waals surface area contributed by atoms with E-state index < -0.39 is 10.0 Å². The van der Waals surface area contributed by atoms with E-state index in [2.05, 4.69) is 36.6 Å². The summed E-state index contributed by atoms with van der Waals surface area (Å²) in [5.41, 5.74) is 6.00. The van der Waals surface area contributed by atoms with Crippen molar-refractivity contribution in [2.45, 2.75) is 18.4 Å². The zero-order valence-corrected chi connectivity index (χ0v) is 15.3. The van der Waals surface area contributed by atoms with Gasteiger partial charge in [0.1, 0.15) is 4.90 Å².